The molecule has 6 nitrogen and oxygen atoms in total. The molecule has 136 valence electrons. The minimum atomic E-state index is -0.376. The van der Waals surface area contributed by atoms with Crippen molar-refractivity contribution in [1.29, 1.82) is 5.26 Å². The topological polar surface area (TPSA) is 72.6 Å². The lowest BCUT2D eigenvalue weighted by atomic mass is 10.0. The van der Waals surface area contributed by atoms with E-state index in [-0.39, 0.29) is 24.3 Å². The van der Waals surface area contributed by atoms with Crippen LogP contribution in [0.15, 0.2) is 41.5 Å². The van der Waals surface area contributed by atoms with Crippen LogP contribution in [0, 0.1) is 17.1 Å². The highest BCUT2D eigenvalue weighted by Gasteiger charge is 2.30. The number of hydrogen-bond donors (Lipinski definition) is 0. The van der Waals surface area contributed by atoms with Gasteiger partial charge in [0.15, 0.2) is 0 Å². The van der Waals surface area contributed by atoms with Gasteiger partial charge in [0.05, 0.1) is 30.4 Å². The molecule has 1 fully saturated rings. The minimum Gasteiger partial charge on any atom is -0.342 e. The lowest BCUT2D eigenvalue weighted by Crippen LogP contribution is -2.43. The van der Waals surface area contributed by atoms with Gasteiger partial charge in [0, 0.05) is 28.8 Å². The van der Waals surface area contributed by atoms with E-state index in [1.54, 1.807) is 28.9 Å². The van der Waals surface area contributed by atoms with Crippen molar-refractivity contribution in [3.05, 3.63) is 47.9 Å². The molecule has 4 rings (SSSR count). The molecular weight excluding hydrogens is 365 g/mol. The second-order valence-corrected chi connectivity index (χ2v) is 7.29. The SMILES string of the molecule is N#C[C@@H]1CSCN1C(=O)CN1CN=Cc2cc(-c3ccc(F)cn3)ccc21. The van der Waals surface area contributed by atoms with Gasteiger partial charge in [-0.25, -0.2) is 4.39 Å². The Morgan fingerprint density at radius 3 is 3.04 bits per heavy atom. The number of thioether (sulfide) groups is 1. The van der Waals surface area contributed by atoms with Gasteiger partial charge in [-0.1, -0.05) is 6.07 Å². The first-order chi connectivity index (χ1) is 13.2. The predicted octanol–water partition coefficient (Wildman–Crippen LogP) is 2.51. The van der Waals surface area contributed by atoms with E-state index in [2.05, 4.69) is 16.0 Å². The number of benzene rings is 1. The van der Waals surface area contributed by atoms with Crippen LogP contribution in [0.2, 0.25) is 0 Å². The Labute approximate surface area is 160 Å². The number of carbonyl (C=O) groups excluding carboxylic acids is 1. The van der Waals surface area contributed by atoms with E-state index in [9.17, 15) is 14.4 Å². The van der Waals surface area contributed by atoms with Crippen molar-refractivity contribution in [2.75, 3.05) is 29.7 Å². The Morgan fingerprint density at radius 2 is 2.26 bits per heavy atom. The number of carbonyl (C=O) groups is 1. The maximum Gasteiger partial charge on any atom is 0.243 e. The minimum absolute atomic E-state index is 0.0705. The molecule has 2 aromatic rings. The summed E-state index contributed by atoms with van der Waals surface area (Å²) >= 11 is 1.59. The van der Waals surface area contributed by atoms with Gasteiger partial charge in [-0.3, -0.25) is 14.8 Å². The molecule has 1 aromatic heterocycles. The summed E-state index contributed by atoms with van der Waals surface area (Å²) in [4.78, 5) is 24.6. The fourth-order valence-electron chi connectivity index (χ4n) is 3.15. The van der Waals surface area contributed by atoms with Crippen LogP contribution in [0.25, 0.3) is 11.3 Å². The molecule has 0 N–H and O–H groups in total. The molecule has 0 bridgehead atoms. The highest BCUT2D eigenvalue weighted by Crippen LogP contribution is 2.28. The fourth-order valence-corrected chi connectivity index (χ4v) is 4.25. The van der Waals surface area contributed by atoms with E-state index in [4.69, 9.17) is 0 Å². The van der Waals surface area contributed by atoms with Crippen molar-refractivity contribution in [3.8, 4) is 17.3 Å². The third-order valence-corrected chi connectivity index (χ3v) is 5.56. The number of halogens is 1. The van der Waals surface area contributed by atoms with Crippen LogP contribution in [0.4, 0.5) is 10.1 Å². The molecule has 27 heavy (non-hydrogen) atoms. The van der Waals surface area contributed by atoms with Gasteiger partial charge in [-0.05, 0) is 24.3 Å². The van der Waals surface area contributed by atoms with E-state index < -0.39 is 0 Å². The summed E-state index contributed by atoms with van der Waals surface area (Å²) in [6.45, 7) is 0.572. The average Bonchev–Trinajstić information content (AvgIpc) is 3.17. The van der Waals surface area contributed by atoms with Crippen LogP contribution in [0.3, 0.4) is 0 Å². The number of nitriles is 1. The highest BCUT2D eigenvalue weighted by molar-refractivity contribution is 7.99. The van der Waals surface area contributed by atoms with E-state index >= 15 is 0 Å². The molecule has 1 amide bonds. The van der Waals surface area contributed by atoms with Gasteiger partial charge >= 0.3 is 0 Å². The second kappa shape index (κ2) is 7.37. The largest absolute Gasteiger partial charge is 0.342 e. The van der Waals surface area contributed by atoms with Crippen LogP contribution in [-0.2, 0) is 4.79 Å². The van der Waals surface area contributed by atoms with Crippen LogP contribution in [-0.4, -0.2) is 52.9 Å². The summed E-state index contributed by atoms with van der Waals surface area (Å²) in [5.41, 5.74) is 3.32. The van der Waals surface area contributed by atoms with Crippen molar-refractivity contribution in [2.45, 2.75) is 6.04 Å². The molecule has 8 heteroatoms. The van der Waals surface area contributed by atoms with Crippen LogP contribution >= 0.6 is 11.8 Å². The number of hydrogen-bond acceptors (Lipinski definition) is 6. The molecule has 2 aliphatic rings. The van der Waals surface area contributed by atoms with Crippen LogP contribution in [0.5, 0.6) is 0 Å². The molecule has 0 saturated carbocycles. The Balaban J connectivity index is 1.55. The lowest BCUT2D eigenvalue weighted by molar-refractivity contribution is -0.129. The molecular formula is C19H16FN5OS. The zero-order chi connectivity index (χ0) is 18.8. The summed E-state index contributed by atoms with van der Waals surface area (Å²) in [5, 5.41) is 9.18. The van der Waals surface area contributed by atoms with E-state index in [0.29, 0.717) is 24.0 Å². The van der Waals surface area contributed by atoms with E-state index in [0.717, 1.165) is 16.8 Å². The number of pyridine rings is 1. The third-order valence-electron chi connectivity index (χ3n) is 4.55. The maximum absolute atomic E-state index is 13.1. The summed E-state index contributed by atoms with van der Waals surface area (Å²) < 4.78 is 13.1. The predicted molar refractivity (Wildman–Crippen MR) is 103 cm³/mol. The van der Waals surface area contributed by atoms with Gasteiger partial charge < -0.3 is 9.80 Å². The Hall–Kier alpha value is -2.92. The zero-order valence-electron chi connectivity index (χ0n) is 14.4. The number of rotatable bonds is 3. The number of anilines is 1. The van der Waals surface area contributed by atoms with Crippen molar-refractivity contribution >= 4 is 29.6 Å². The highest BCUT2D eigenvalue weighted by atomic mass is 32.2. The van der Waals surface area contributed by atoms with E-state index in [1.165, 1.54) is 12.3 Å². The molecule has 0 unspecified atom stereocenters. The van der Waals surface area contributed by atoms with Gasteiger partial charge in [-0.15, -0.1) is 11.8 Å². The number of amides is 1. The first-order valence-electron chi connectivity index (χ1n) is 8.43. The van der Waals surface area contributed by atoms with Gasteiger partial charge in [0.25, 0.3) is 0 Å². The third kappa shape index (κ3) is 3.51. The normalized spacial score (nSPS) is 18.3. The summed E-state index contributed by atoms with van der Waals surface area (Å²) in [6.07, 6.45) is 2.96. The first-order valence-corrected chi connectivity index (χ1v) is 9.59. The fraction of sp³-hybridized carbons (Fsp3) is 0.263. The van der Waals surface area contributed by atoms with Gasteiger partial charge in [0.1, 0.15) is 18.5 Å². The summed E-state index contributed by atoms with van der Waals surface area (Å²) in [5.74, 6) is 0.763. The molecule has 0 radical (unpaired) electrons. The molecule has 1 saturated heterocycles. The molecule has 1 aromatic carbocycles. The molecule has 0 aliphatic carbocycles. The second-order valence-electron chi connectivity index (χ2n) is 6.29. The Kier molecular flexibility index (Phi) is 4.77. The Bertz CT molecular complexity index is 940. The number of aromatic nitrogens is 1. The molecule has 0 spiro atoms. The Morgan fingerprint density at radius 1 is 1.37 bits per heavy atom. The lowest BCUT2D eigenvalue weighted by Gasteiger charge is -2.29. The number of aliphatic imine (C=N–C) groups is 1. The van der Waals surface area contributed by atoms with Crippen molar-refractivity contribution < 1.29 is 9.18 Å². The van der Waals surface area contributed by atoms with Gasteiger partial charge in [-0.2, -0.15) is 5.26 Å². The molecule has 1 atom stereocenters. The van der Waals surface area contributed by atoms with Gasteiger partial charge in [0.2, 0.25) is 5.91 Å². The zero-order valence-corrected chi connectivity index (χ0v) is 15.2. The molecule has 3 heterocycles. The van der Waals surface area contributed by atoms with E-state index in [1.807, 2.05) is 23.1 Å². The van der Waals surface area contributed by atoms with Crippen LogP contribution in [0.1, 0.15) is 5.56 Å². The van der Waals surface area contributed by atoms with Crippen LogP contribution < -0.4 is 4.90 Å². The standard InChI is InChI=1S/C19H16FN5OS/c20-15-2-3-17(23-8-15)13-1-4-18-14(5-13)7-22-11-24(18)9-19(26)25-12-27-10-16(25)6-21/h1-5,7-8,16H,9-12H2/t16-/m1/s1. The van der Waals surface area contributed by atoms with Crippen molar-refractivity contribution in [2.24, 2.45) is 4.99 Å². The summed E-state index contributed by atoms with van der Waals surface area (Å²) in [6, 6.07) is 10.6. The number of nitrogens with zero attached hydrogens (tertiary/aromatic N) is 5. The maximum atomic E-state index is 13.1. The first kappa shape index (κ1) is 17.5. The quantitative estimate of drug-likeness (QED) is 0.817. The number of fused-ring (bicyclic) bond motifs is 1. The average molecular weight is 381 g/mol. The van der Waals surface area contributed by atoms with Crippen molar-refractivity contribution in [3.63, 3.8) is 0 Å². The monoisotopic (exact) mass is 381 g/mol. The molecule has 2 aliphatic heterocycles. The summed E-state index contributed by atoms with van der Waals surface area (Å²) in [7, 11) is 0. The smallest absolute Gasteiger partial charge is 0.243 e. The van der Waals surface area contributed by atoms with Crippen molar-refractivity contribution in [1.82, 2.24) is 9.88 Å².